The van der Waals surface area contributed by atoms with Gasteiger partial charge in [-0.25, -0.2) is 18.2 Å². The maximum absolute atomic E-state index is 12.3. The average molecular weight is 540 g/mol. The fourth-order valence-electron chi connectivity index (χ4n) is 4.58. The van der Waals surface area contributed by atoms with Crippen LogP contribution in [-0.2, 0) is 14.6 Å². The van der Waals surface area contributed by atoms with Crippen molar-refractivity contribution >= 4 is 15.8 Å². The molecule has 4 N–H and O–H groups in total. The summed E-state index contributed by atoms with van der Waals surface area (Å²) in [5, 5.41) is 12.5. The van der Waals surface area contributed by atoms with Gasteiger partial charge in [-0.3, -0.25) is 0 Å². The van der Waals surface area contributed by atoms with E-state index in [4.69, 9.17) is 15.6 Å². The topological polar surface area (TPSA) is 132 Å². The second-order valence-corrected chi connectivity index (χ2v) is 13.0. The number of nitrogens with two attached hydrogens (primary N) is 1. The van der Waals surface area contributed by atoms with Crippen molar-refractivity contribution in [3.05, 3.63) is 23.4 Å². The van der Waals surface area contributed by atoms with E-state index in [0.717, 1.165) is 26.0 Å². The van der Waals surface area contributed by atoms with E-state index >= 15 is 0 Å². The fraction of sp³-hybridized carbons (Fsp3) is 0.786. The van der Waals surface area contributed by atoms with Gasteiger partial charge in [0.25, 0.3) is 0 Å². The van der Waals surface area contributed by atoms with Gasteiger partial charge in [0.05, 0.1) is 24.0 Å². The lowest BCUT2D eigenvalue weighted by Crippen LogP contribution is -2.69. The van der Waals surface area contributed by atoms with E-state index in [9.17, 15) is 13.2 Å². The minimum atomic E-state index is -3.53. The summed E-state index contributed by atoms with van der Waals surface area (Å²) in [6, 6.07) is 2.98. The third-order valence-corrected chi connectivity index (χ3v) is 9.24. The Hall–Kier alpha value is -1.55. The molecule has 1 aliphatic heterocycles. The summed E-state index contributed by atoms with van der Waals surface area (Å²) in [4.78, 5) is 14.8. The molecule has 37 heavy (non-hydrogen) atoms. The molecule has 1 aromatic heterocycles. The van der Waals surface area contributed by atoms with Crippen LogP contribution in [0.25, 0.3) is 0 Å². The molecule has 3 rings (SSSR count). The molecule has 0 radical (unpaired) electrons. The van der Waals surface area contributed by atoms with Crippen molar-refractivity contribution in [2.75, 3.05) is 25.4 Å². The molecule has 8 nitrogen and oxygen atoms in total. The third-order valence-electron chi connectivity index (χ3n) is 7.21. The van der Waals surface area contributed by atoms with Crippen LogP contribution in [0.5, 0.6) is 0 Å². The normalized spacial score (nSPS) is 21.3. The molecule has 1 saturated carbocycles. The molecule has 2 unspecified atom stereocenters. The zero-order valence-corrected chi connectivity index (χ0v) is 24.1. The number of pyridine rings is 1. The molecule has 1 aliphatic carbocycles. The molecular weight excluding hydrogens is 490 g/mol. The Morgan fingerprint density at radius 2 is 1.78 bits per heavy atom. The molecule has 1 aromatic rings. The van der Waals surface area contributed by atoms with Gasteiger partial charge in [0.15, 0.2) is 14.9 Å². The van der Waals surface area contributed by atoms with Gasteiger partial charge >= 0.3 is 5.97 Å². The molecule has 2 aliphatic rings. The fourth-order valence-corrected chi connectivity index (χ4v) is 6.45. The quantitative estimate of drug-likeness (QED) is 0.252. The highest BCUT2D eigenvalue weighted by Gasteiger charge is 2.43. The van der Waals surface area contributed by atoms with Crippen molar-refractivity contribution in [2.45, 2.75) is 114 Å². The first-order chi connectivity index (χ1) is 17.6. The Balaban J connectivity index is 0.000000261. The van der Waals surface area contributed by atoms with Gasteiger partial charge in [0.1, 0.15) is 5.69 Å². The average Bonchev–Trinajstić information content (AvgIpc) is 3.69. The zero-order chi connectivity index (χ0) is 27.5. The summed E-state index contributed by atoms with van der Waals surface area (Å²) >= 11 is 0. The van der Waals surface area contributed by atoms with Crippen LogP contribution in [-0.4, -0.2) is 61.6 Å². The molecule has 0 aromatic carbocycles. The molecule has 2 heterocycles. The number of ether oxygens (including phenoxy) is 1. The van der Waals surface area contributed by atoms with Crippen LogP contribution < -0.4 is 11.1 Å². The van der Waals surface area contributed by atoms with E-state index in [1.807, 2.05) is 13.8 Å². The first-order valence-electron chi connectivity index (χ1n) is 14.1. The van der Waals surface area contributed by atoms with E-state index in [0.29, 0.717) is 12.1 Å². The summed E-state index contributed by atoms with van der Waals surface area (Å²) < 4.78 is 30.1. The van der Waals surface area contributed by atoms with Crippen molar-refractivity contribution in [1.82, 2.24) is 10.3 Å². The Morgan fingerprint density at radius 1 is 1.16 bits per heavy atom. The number of aromatic carboxylic acids is 1. The van der Waals surface area contributed by atoms with Crippen LogP contribution >= 0.6 is 0 Å². The summed E-state index contributed by atoms with van der Waals surface area (Å²) in [7, 11) is -3.53. The van der Waals surface area contributed by atoms with Crippen LogP contribution in [0.15, 0.2) is 17.2 Å². The second kappa shape index (κ2) is 15.1. The molecule has 2 fully saturated rings. The minimum Gasteiger partial charge on any atom is -0.477 e. The number of hydrogen-bond acceptors (Lipinski definition) is 7. The zero-order valence-electron chi connectivity index (χ0n) is 23.3. The predicted octanol–water partition coefficient (Wildman–Crippen LogP) is 4.92. The number of aromatic nitrogens is 1. The number of carbonyl (C=O) groups is 1. The summed E-state index contributed by atoms with van der Waals surface area (Å²) in [5.41, 5.74) is 6.35. The lowest BCUT2D eigenvalue weighted by Gasteiger charge is -2.47. The number of nitrogens with zero attached hydrogens (tertiary/aromatic N) is 1. The van der Waals surface area contributed by atoms with Gasteiger partial charge in [-0.2, -0.15) is 0 Å². The molecule has 2 atom stereocenters. The van der Waals surface area contributed by atoms with Crippen molar-refractivity contribution in [2.24, 2.45) is 11.7 Å². The second-order valence-electron chi connectivity index (χ2n) is 11.1. The molecular formula is C28H49N3O5S. The Morgan fingerprint density at radius 3 is 2.24 bits per heavy atom. The maximum Gasteiger partial charge on any atom is 0.354 e. The van der Waals surface area contributed by atoms with Gasteiger partial charge < -0.3 is 20.9 Å². The third kappa shape index (κ3) is 9.93. The van der Waals surface area contributed by atoms with Crippen LogP contribution in [0, 0.1) is 5.92 Å². The Kier molecular flexibility index (Phi) is 13.0. The van der Waals surface area contributed by atoms with Gasteiger partial charge in [-0.05, 0) is 56.2 Å². The molecule has 0 spiro atoms. The number of sulfone groups is 1. The highest BCUT2D eigenvalue weighted by atomic mass is 32.2. The number of unbranched alkanes of at least 4 members (excludes halogenated alkanes) is 7. The van der Waals surface area contributed by atoms with E-state index in [1.54, 1.807) is 6.07 Å². The first kappa shape index (κ1) is 31.7. The highest BCUT2D eigenvalue weighted by Crippen LogP contribution is 2.42. The lowest BCUT2D eigenvalue weighted by molar-refractivity contribution is -0.134. The number of hydrogen-bond donors (Lipinski definition) is 3. The standard InChI is InChI=1S/C15H32N2O.C13H17NO4S/c1-3-4-5-6-7-8-9-10-11-17-15(12-16)13-18-14(15)2;1-8(2)7-19(17,18)12-10(9-3-4-9)5-6-11(14-12)13(15)16/h14,17H,3-13,16H2,1-2H3;5-6,8-9H,3-4,7H2,1-2H3,(H,15,16). The van der Waals surface area contributed by atoms with Gasteiger partial charge in [-0.15, -0.1) is 0 Å². The van der Waals surface area contributed by atoms with Crippen LogP contribution in [0.3, 0.4) is 0 Å². The van der Waals surface area contributed by atoms with Crippen LogP contribution in [0.2, 0.25) is 0 Å². The molecule has 9 heteroatoms. The smallest absolute Gasteiger partial charge is 0.354 e. The SMILES string of the molecule is CC(C)CS(=O)(=O)c1nc(C(=O)O)ccc1C1CC1.CCCCCCCCCCNC1(CN)COC1C. The first-order valence-corrected chi connectivity index (χ1v) is 15.7. The number of carboxylic acids is 1. The van der Waals surface area contributed by atoms with Crippen LogP contribution in [0.4, 0.5) is 0 Å². The number of nitrogens with one attached hydrogen (secondary N) is 1. The molecule has 0 amide bonds. The molecule has 1 saturated heterocycles. The highest BCUT2D eigenvalue weighted by molar-refractivity contribution is 7.91. The molecule has 0 bridgehead atoms. The van der Waals surface area contributed by atoms with Crippen molar-refractivity contribution in [3.63, 3.8) is 0 Å². The summed E-state index contributed by atoms with van der Waals surface area (Å²) in [5.74, 6) is -1.02. The van der Waals surface area contributed by atoms with Gasteiger partial charge in [-0.1, -0.05) is 71.8 Å². The van der Waals surface area contributed by atoms with Gasteiger partial charge in [0.2, 0.25) is 0 Å². The summed E-state index contributed by atoms with van der Waals surface area (Å²) in [6.45, 7) is 10.6. The van der Waals surface area contributed by atoms with E-state index in [1.165, 1.54) is 57.4 Å². The van der Waals surface area contributed by atoms with E-state index < -0.39 is 15.8 Å². The minimum absolute atomic E-state index is 0.0111. The maximum atomic E-state index is 12.3. The van der Waals surface area contributed by atoms with Gasteiger partial charge in [0, 0.05) is 6.54 Å². The lowest BCUT2D eigenvalue weighted by atomic mass is 9.89. The number of rotatable bonds is 16. The summed E-state index contributed by atoms with van der Waals surface area (Å²) in [6.07, 6.45) is 13.1. The van der Waals surface area contributed by atoms with Crippen molar-refractivity contribution < 1.29 is 23.1 Å². The Labute approximate surface area is 224 Å². The number of carboxylic acid groups (broad SMARTS) is 1. The van der Waals surface area contributed by atoms with Crippen LogP contribution in [0.1, 0.15) is 114 Å². The monoisotopic (exact) mass is 539 g/mol. The van der Waals surface area contributed by atoms with Crippen molar-refractivity contribution in [1.29, 1.82) is 0 Å². The van der Waals surface area contributed by atoms with E-state index in [-0.39, 0.29) is 40.0 Å². The van der Waals surface area contributed by atoms with E-state index in [2.05, 4.69) is 24.1 Å². The van der Waals surface area contributed by atoms with Crippen molar-refractivity contribution in [3.8, 4) is 0 Å². The molecule has 212 valence electrons. The predicted molar refractivity (Wildman–Crippen MR) is 148 cm³/mol. The Bertz CT molecular complexity index is 945. The largest absolute Gasteiger partial charge is 0.477 e.